The van der Waals surface area contributed by atoms with E-state index in [0.29, 0.717) is 28.7 Å². The summed E-state index contributed by atoms with van der Waals surface area (Å²) in [5, 5.41) is 3.13. The van der Waals surface area contributed by atoms with Crippen LogP contribution in [0, 0.1) is 5.82 Å². The van der Waals surface area contributed by atoms with Gasteiger partial charge in [-0.15, -0.1) is 0 Å². The van der Waals surface area contributed by atoms with Crippen LogP contribution < -0.4 is 14.8 Å². The molecule has 0 saturated heterocycles. The van der Waals surface area contributed by atoms with Gasteiger partial charge < -0.3 is 19.8 Å². The quantitative estimate of drug-likeness (QED) is 0.239. The molecule has 4 heterocycles. The normalized spacial score (nSPS) is 11.4. The van der Waals surface area contributed by atoms with Gasteiger partial charge in [-0.2, -0.15) is 13.2 Å². The number of aromatic amines is 1. The van der Waals surface area contributed by atoms with Gasteiger partial charge in [-0.3, -0.25) is 4.79 Å². The SMILES string of the molecule is COc1cc(-c2cc3cc(-c4ccc(CC(=O)Nc5cnc(OC)c(C(F)(F)F)c5)c(F)c4)cnc3[nH]2)ccn1. The molecule has 12 heteroatoms. The summed E-state index contributed by atoms with van der Waals surface area (Å²) in [5.41, 5.74) is 2.26. The number of nitrogens with zero attached hydrogens (tertiary/aromatic N) is 3. The summed E-state index contributed by atoms with van der Waals surface area (Å²) in [7, 11) is 2.60. The zero-order valence-electron chi connectivity index (χ0n) is 21.1. The van der Waals surface area contributed by atoms with Gasteiger partial charge in [-0.1, -0.05) is 12.1 Å². The van der Waals surface area contributed by atoms with Gasteiger partial charge in [0, 0.05) is 40.7 Å². The van der Waals surface area contributed by atoms with Gasteiger partial charge in [0.15, 0.2) is 0 Å². The van der Waals surface area contributed by atoms with E-state index in [1.807, 2.05) is 18.2 Å². The molecule has 0 aliphatic rings. The Morgan fingerprint density at radius 1 is 0.925 bits per heavy atom. The van der Waals surface area contributed by atoms with E-state index in [-0.39, 0.29) is 11.3 Å². The fraction of sp³-hybridized carbons (Fsp3) is 0.143. The second-order valence-corrected chi connectivity index (χ2v) is 8.74. The van der Waals surface area contributed by atoms with Gasteiger partial charge in [-0.05, 0) is 41.5 Å². The van der Waals surface area contributed by atoms with Crippen molar-refractivity contribution in [2.45, 2.75) is 12.6 Å². The number of amides is 1. The minimum Gasteiger partial charge on any atom is -0.481 e. The number of methoxy groups -OCH3 is 2. The molecule has 8 nitrogen and oxygen atoms in total. The molecule has 204 valence electrons. The molecule has 5 aromatic rings. The average molecular weight is 552 g/mol. The van der Waals surface area contributed by atoms with E-state index in [4.69, 9.17) is 4.74 Å². The number of rotatable bonds is 7. The number of hydrogen-bond donors (Lipinski definition) is 2. The lowest BCUT2D eigenvalue weighted by Gasteiger charge is -2.13. The fourth-order valence-electron chi connectivity index (χ4n) is 4.15. The van der Waals surface area contributed by atoms with Gasteiger partial charge >= 0.3 is 6.18 Å². The van der Waals surface area contributed by atoms with Crippen molar-refractivity contribution in [3.63, 3.8) is 0 Å². The van der Waals surface area contributed by atoms with Crippen molar-refractivity contribution < 1.29 is 31.8 Å². The summed E-state index contributed by atoms with van der Waals surface area (Å²) in [6.07, 6.45) is -0.852. The number of ether oxygens (including phenoxy) is 2. The number of benzene rings is 1. The lowest BCUT2D eigenvalue weighted by molar-refractivity contribution is -0.139. The van der Waals surface area contributed by atoms with Crippen molar-refractivity contribution >= 4 is 22.6 Å². The standard InChI is InChI=1S/C28H21F4N5O3/c1-39-25-11-17(5-6-33-25)23-9-18-7-19(13-34-26(18)37-23)15-3-4-16(22(29)8-15)10-24(38)36-20-12-21(28(30,31)32)27(40-2)35-14-20/h3-9,11-14H,10H2,1-2H3,(H,34,37)(H,36,38). The van der Waals surface area contributed by atoms with Crippen LogP contribution in [0.2, 0.25) is 0 Å². The lowest BCUT2D eigenvalue weighted by atomic mass is 10.0. The summed E-state index contributed by atoms with van der Waals surface area (Å²) < 4.78 is 64.5. The Kier molecular flexibility index (Phi) is 7.07. The van der Waals surface area contributed by atoms with Crippen LogP contribution in [0.25, 0.3) is 33.4 Å². The summed E-state index contributed by atoms with van der Waals surface area (Å²) in [4.78, 5) is 27.8. The molecule has 2 N–H and O–H groups in total. The van der Waals surface area contributed by atoms with Crippen LogP contribution in [-0.4, -0.2) is 40.1 Å². The summed E-state index contributed by atoms with van der Waals surface area (Å²) >= 11 is 0. The van der Waals surface area contributed by atoms with Crippen molar-refractivity contribution in [2.75, 3.05) is 19.5 Å². The van der Waals surface area contributed by atoms with Crippen LogP contribution in [0.4, 0.5) is 23.2 Å². The molecule has 0 radical (unpaired) electrons. The largest absolute Gasteiger partial charge is 0.481 e. The maximum absolute atomic E-state index is 15.0. The molecule has 0 saturated carbocycles. The van der Waals surface area contributed by atoms with Crippen molar-refractivity contribution in [1.29, 1.82) is 0 Å². The van der Waals surface area contributed by atoms with Gasteiger partial charge in [0.05, 0.1) is 32.5 Å². The van der Waals surface area contributed by atoms with E-state index in [1.54, 1.807) is 24.5 Å². The number of anilines is 1. The molecule has 0 aliphatic carbocycles. The Morgan fingerprint density at radius 3 is 2.48 bits per heavy atom. The Morgan fingerprint density at radius 2 is 1.75 bits per heavy atom. The third-order valence-electron chi connectivity index (χ3n) is 6.10. The second kappa shape index (κ2) is 10.6. The smallest absolute Gasteiger partial charge is 0.421 e. The minimum atomic E-state index is -4.73. The zero-order chi connectivity index (χ0) is 28.4. The van der Waals surface area contributed by atoms with E-state index >= 15 is 0 Å². The number of halogens is 4. The number of hydrogen-bond acceptors (Lipinski definition) is 6. The van der Waals surface area contributed by atoms with Gasteiger partial charge in [0.2, 0.25) is 17.7 Å². The molecule has 1 amide bonds. The number of pyridine rings is 3. The molecule has 40 heavy (non-hydrogen) atoms. The first-order valence-corrected chi connectivity index (χ1v) is 11.8. The number of nitrogens with one attached hydrogen (secondary N) is 2. The maximum atomic E-state index is 15.0. The first-order valence-electron chi connectivity index (χ1n) is 11.8. The van der Waals surface area contributed by atoms with Crippen LogP contribution in [0.3, 0.4) is 0 Å². The first kappa shape index (κ1) is 26.6. The number of carbonyl (C=O) groups excluding carboxylic acids is 1. The van der Waals surface area contributed by atoms with E-state index < -0.39 is 35.8 Å². The monoisotopic (exact) mass is 551 g/mol. The van der Waals surface area contributed by atoms with Crippen LogP contribution in [0.5, 0.6) is 11.8 Å². The van der Waals surface area contributed by atoms with E-state index in [1.165, 1.54) is 19.2 Å². The number of carbonyl (C=O) groups is 1. The molecule has 0 unspecified atom stereocenters. The third kappa shape index (κ3) is 5.55. The third-order valence-corrected chi connectivity index (χ3v) is 6.10. The molecule has 0 atom stereocenters. The van der Waals surface area contributed by atoms with Crippen LogP contribution in [0.1, 0.15) is 11.1 Å². The Balaban J connectivity index is 1.32. The summed E-state index contributed by atoms with van der Waals surface area (Å²) in [6.45, 7) is 0. The first-order chi connectivity index (χ1) is 19.1. The van der Waals surface area contributed by atoms with E-state index in [0.717, 1.165) is 30.0 Å². The Hall–Kier alpha value is -5.00. The minimum absolute atomic E-state index is 0.0726. The van der Waals surface area contributed by atoms with Gasteiger partial charge in [0.1, 0.15) is 17.0 Å². The zero-order valence-corrected chi connectivity index (χ0v) is 21.1. The second-order valence-electron chi connectivity index (χ2n) is 8.74. The van der Waals surface area contributed by atoms with Crippen LogP contribution >= 0.6 is 0 Å². The number of alkyl halides is 3. The van der Waals surface area contributed by atoms with Crippen molar-refractivity contribution in [3.8, 4) is 34.1 Å². The average Bonchev–Trinajstić information content (AvgIpc) is 3.37. The number of aromatic nitrogens is 4. The van der Waals surface area contributed by atoms with Crippen LogP contribution in [-0.2, 0) is 17.4 Å². The lowest BCUT2D eigenvalue weighted by Crippen LogP contribution is -2.17. The van der Waals surface area contributed by atoms with Gasteiger partial charge in [-0.25, -0.2) is 19.3 Å². The number of fused-ring (bicyclic) bond motifs is 1. The molecule has 5 rings (SSSR count). The van der Waals surface area contributed by atoms with Crippen molar-refractivity contribution in [3.05, 3.63) is 84.1 Å². The highest BCUT2D eigenvalue weighted by molar-refractivity contribution is 5.92. The Bertz CT molecular complexity index is 1720. The molecule has 1 aromatic carbocycles. The molecule has 0 fully saturated rings. The topological polar surface area (TPSA) is 102 Å². The molecule has 0 spiro atoms. The summed E-state index contributed by atoms with van der Waals surface area (Å²) in [5.74, 6) is -1.49. The highest BCUT2D eigenvalue weighted by Gasteiger charge is 2.35. The highest BCUT2D eigenvalue weighted by atomic mass is 19.4. The van der Waals surface area contributed by atoms with Crippen LogP contribution in [0.15, 0.2) is 67.1 Å². The number of H-pyrrole nitrogens is 1. The highest BCUT2D eigenvalue weighted by Crippen LogP contribution is 2.36. The molecule has 4 aromatic heterocycles. The maximum Gasteiger partial charge on any atom is 0.421 e. The van der Waals surface area contributed by atoms with Gasteiger partial charge in [0.25, 0.3) is 0 Å². The predicted octanol–water partition coefficient (Wildman–Crippen LogP) is 6.04. The molecule has 0 aliphatic heterocycles. The molecule has 0 bridgehead atoms. The van der Waals surface area contributed by atoms with E-state index in [9.17, 15) is 22.4 Å². The Labute approximate surface area is 225 Å². The molecular formula is C28H21F4N5O3. The predicted molar refractivity (Wildman–Crippen MR) is 139 cm³/mol. The fourth-order valence-corrected chi connectivity index (χ4v) is 4.15. The van der Waals surface area contributed by atoms with Crippen molar-refractivity contribution in [2.24, 2.45) is 0 Å². The summed E-state index contributed by atoms with van der Waals surface area (Å²) in [6, 6.07) is 12.5. The van der Waals surface area contributed by atoms with Crippen molar-refractivity contribution in [1.82, 2.24) is 19.9 Å². The molecular weight excluding hydrogens is 530 g/mol. The van der Waals surface area contributed by atoms with E-state index in [2.05, 4.69) is 30.0 Å².